The molecule has 2 aliphatic heterocycles. The molecule has 33 heavy (non-hydrogen) atoms. The number of allylic oxidation sites excluding steroid dienone is 3. The fraction of sp³-hybridized carbons (Fsp3) is 0.0500. The van der Waals surface area contributed by atoms with Crippen LogP contribution >= 0.6 is 110 Å². The van der Waals surface area contributed by atoms with Crippen molar-refractivity contribution in [1.82, 2.24) is 0 Å². The Hall–Kier alpha value is -0.390. The van der Waals surface area contributed by atoms with E-state index in [2.05, 4.69) is 63.7 Å². The second-order valence-corrected chi connectivity index (χ2v) is 11.5. The van der Waals surface area contributed by atoms with E-state index < -0.39 is 11.6 Å². The maximum Gasteiger partial charge on any atom is 0.341 e. The van der Waals surface area contributed by atoms with E-state index in [1.54, 1.807) is 0 Å². The van der Waals surface area contributed by atoms with Crippen LogP contribution in [0.15, 0.2) is 48.1 Å². The number of aliphatic hydroxyl groups excluding tert-OH is 1. The van der Waals surface area contributed by atoms with Gasteiger partial charge in [-0.05, 0) is 81.9 Å². The second-order valence-electron chi connectivity index (χ2n) is 6.64. The molecule has 0 aliphatic carbocycles. The number of aliphatic hydroxyl groups is 1. The molecule has 0 aromatic heterocycles. The summed E-state index contributed by atoms with van der Waals surface area (Å²) in [6, 6.07) is 1.50. The summed E-state index contributed by atoms with van der Waals surface area (Å²) in [6.45, 7) is 0. The third-order valence-electron chi connectivity index (χ3n) is 4.84. The van der Waals surface area contributed by atoms with Gasteiger partial charge in [-0.25, -0.2) is 4.79 Å². The Labute approximate surface area is 240 Å². The Bertz CT molecular complexity index is 1360. The largest absolute Gasteiger partial charge is 0.505 e. The number of halogens is 8. The minimum Gasteiger partial charge on any atom is -0.505 e. The van der Waals surface area contributed by atoms with Gasteiger partial charge in [0.05, 0.1) is 39.1 Å². The summed E-state index contributed by atoms with van der Waals surface area (Å²) in [6.07, 6.45) is 4.12. The predicted molar refractivity (Wildman–Crippen MR) is 142 cm³/mol. The van der Waals surface area contributed by atoms with Gasteiger partial charge >= 0.3 is 5.97 Å². The van der Waals surface area contributed by atoms with Crippen LogP contribution in [-0.4, -0.2) is 16.2 Å². The topological polar surface area (TPSA) is 76.0 Å². The Morgan fingerprint density at radius 3 is 2.24 bits per heavy atom. The van der Waals surface area contributed by atoms with Crippen LogP contribution < -0.4 is 4.74 Å². The van der Waals surface area contributed by atoms with E-state index in [1.165, 1.54) is 24.5 Å². The summed E-state index contributed by atoms with van der Waals surface area (Å²) in [5.74, 6) is -1.16. The van der Waals surface area contributed by atoms with Gasteiger partial charge in [0, 0.05) is 11.1 Å². The van der Waals surface area contributed by atoms with Crippen molar-refractivity contribution in [2.45, 2.75) is 5.60 Å². The Morgan fingerprint density at radius 2 is 1.58 bits per heavy atom. The van der Waals surface area contributed by atoms with Crippen molar-refractivity contribution in [3.63, 3.8) is 0 Å². The molecule has 0 radical (unpaired) electrons. The van der Waals surface area contributed by atoms with Gasteiger partial charge < -0.3 is 19.7 Å². The van der Waals surface area contributed by atoms with Gasteiger partial charge in [0.25, 0.3) is 0 Å². The number of phenolic OH excluding ortho intramolecular Hbond substituents is 1. The average molecular weight is 788 g/mol. The number of hydrogen-bond donors (Lipinski definition) is 2. The number of phenols is 1. The first-order valence-corrected chi connectivity index (χ1v) is 13.2. The van der Waals surface area contributed by atoms with E-state index >= 15 is 0 Å². The highest BCUT2D eigenvalue weighted by Gasteiger charge is 2.52. The number of aromatic hydroxyl groups is 1. The van der Waals surface area contributed by atoms with E-state index in [4.69, 9.17) is 55.9 Å². The highest BCUT2D eigenvalue weighted by Crippen LogP contribution is 2.57. The second kappa shape index (κ2) is 9.24. The number of carbonyl (C=O) groups excluding carboxylic acids is 1. The zero-order valence-electron chi connectivity index (χ0n) is 15.5. The molecule has 0 saturated carbocycles. The molecule has 2 aromatic rings. The first-order valence-electron chi connectivity index (χ1n) is 8.54. The van der Waals surface area contributed by atoms with Crippen LogP contribution in [0.1, 0.15) is 21.5 Å². The summed E-state index contributed by atoms with van der Waals surface area (Å²) in [7, 11) is 0. The number of hydrogen-bond acceptors (Lipinski definition) is 5. The number of ether oxygens (including phenoxy) is 2. The molecule has 1 unspecified atom stereocenters. The summed E-state index contributed by atoms with van der Waals surface area (Å²) in [4.78, 5) is 13.1. The third kappa shape index (κ3) is 3.96. The number of rotatable bonds is 0. The predicted octanol–water partition coefficient (Wildman–Crippen LogP) is 9.29. The fourth-order valence-electron chi connectivity index (χ4n) is 3.35. The van der Waals surface area contributed by atoms with E-state index in [1.807, 2.05) is 0 Å². The third-order valence-corrected chi connectivity index (χ3v) is 9.19. The van der Waals surface area contributed by atoms with Crippen molar-refractivity contribution in [2.75, 3.05) is 0 Å². The molecular weight excluding hydrogens is 782 g/mol. The average Bonchev–Trinajstić information content (AvgIpc) is 3.09. The lowest BCUT2D eigenvalue weighted by molar-refractivity contribution is 0.0269. The quantitative estimate of drug-likeness (QED) is 0.158. The maximum absolute atomic E-state index is 13.1. The smallest absolute Gasteiger partial charge is 0.341 e. The Morgan fingerprint density at radius 1 is 0.939 bits per heavy atom. The van der Waals surface area contributed by atoms with Crippen molar-refractivity contribution >= 4 is 116 Å². The molecule has 13 heteroatoms. The van der Waals surface area contributed by atoms with Gasteiger partial charge in [0.2, 0.25) is 0 Å². The maximum atomic E-state index is 13.1. The van der Waals surface area contributed by atoms with Gasteiger partial charge in [-0.2, -0.15) is 0 Å². The molecule has 1 atom stereocenters. The van der Waals surface area contributed by atoms with Crippen LogP contribution in [0.3, 0.4) is 0 Å². The number of fused-ring (bicyclic) bond motifs is 4. The summed E-state index contributed by atoms with van der Waals surface area (Å²) < 4.78 is 12.5. The lowest BCUT2D eigenvalue weighted by Gasteiger charge is -2.30. The van der Waals surface area contributed by atoms with Crippen LogP contribution in [0.5, 0.6) is 11.5 Å². The van der Waals surface area contributed by atoms with Crippen molar-refractivity contribution in [1.29, 1.82) is 0 Å². The molecule has 4 rings (SSSR count). The van der Waals surface area contributed by atoms with Crippen molar-refractivity contribution in [3.8, 4) is 11.5 Å². The minimum atomic E-state index is -1.74. The van der Waals surface area contributed by atoms with E-state index in [-0.39, 0.29) is 71.9 Å². The van der Waals surface area contributed by atoms with E-state index in [0.29, 0.717) is 0 Å². The van der Waals surface area contributed by atoms with Gasteiger partial charge in [-0.1, -0.05) is 46.4 Å². The zero-order valence-corrected chi connectivity index (χ0v) is 24.8. The molecule has 2 aromatic carbocycles. The molecule has 2 heterocycles. The monoisotopic (exact) mass is 782 g/mol. The van der Waals surface area contributed by atoms with Gasteiger partial charge in [-0.15, -0.1) is 0 Å². The number of esters is 1. The van der Waals surface area contributed by atoms with E-state index in [9.17, 15) is 15.0 Å². The summed E-state index contributed by atoms with van der Waals surface area (Å²) >= 11 is 38.6. The number of carbonyl (C=O) groups is 1. The molecule has 0 saturated heterocycles. The van der Waals surface area contributed by atoms with Crippen LogP contribution in [0.2, 0.25) is 20.1 Å². The highest BCUT2D eigenvalue weighted by atomic mass is 79.9. The molecule has 0 bridgehead atoms. The first kappa shape index (κ1) is 25.7. The van der Waals surface area contributed by atoms with Crippen LogP contribution in [0.25, 0.3) is 0 Å². The molecule has 5 nitrogen and oxygen atoms in total. The van der Waals surface area contributed by atoms with Gasteiger partial charge in [0.15, 0.2) is 11.4 Å². The van der Waals surface area contributed by atoms with Crippen LogP contribution in [0, 0.1) is 0 Å². The van der Waals surface area contributed by atoms with Crippen LogP contribution in [-0.2, 0) is 10.3 Å². The minimum absolute atomic E-state index is 0.0574. The Balaban J connectivity index is 2.22. The van der Waals surface area contributed by atoms with Crippen molar-refractivity contribution in [2.24, 2.45) is 0 Å². The molecule has 2 aliphatic rings. The van der Waals surface area contributed by atoms with E-state index in [0.717, 1.165) is 0 Å². The summed E-state index contributed by atoms with van der Waals surface area (Å²) in [5, 5.41) is 20.6. The fourth-order valence-corrected chi connectivity index (χ4v) is 6.55. The zero-order chi connectivity index (χ0) is 24.4. The first-order chi connectivity index (χ1) is 15.4. The van der Waals surface area contributed by atoms with Crippen molar-refractivity contribution in [3.05, 3.63) is 84.9 Å². The lowest BCUT2D eigenvalue weighted by Crippen LogP contribution is -2.27. The molecular formula is C20H6Br4Cl4O5. The molecule has 2 N–H and O–H groups in total. The number of benzene rings is 2. The lowest BCUT2D eigenvalue weighted by atomic mass is 9.84. The molecule has 1 spiro atoms. The normalized spacial score (nSPS) is 24.5. The molecule has 0 fully saturated rings. The SMILES string of the molecule is O=C1OC2(/C=C/C(Br)=C(O)\C(Br)=C\Oc3c2cc(Br)c(O)c3Br)c2c(Cl)c(Cl)c(Cl)c(Cl)c21. The van der Waals surface area contributed by atoms with Gasteiger partial charge in [-0.3, -0.25) is 0 Å². The van der Waals surface area contributed by atoms with Crippen molar-refractivity contribution < 1.29 is 24.5 Å². The Kier molecular flexibility index (Phi) is 7.20. The highest BCUT2D eigenvalue weighted by molar-refractivity contribution is 9.12. The molecule has 0 amide bonds. The molecule has 172 valence electrons. The standard InChI is InChI=1S/C20H6Br4Cl4O5/c21-6-1-2-20(10-9(19(31)33-20)12(25)14(27)15(28)13(10)26)5-3-7(22)17(30)11(24)18(5)32-4-8(23)16(6)29/h1-4,29-30H/b2-1+,8-4-,16-6-. The van der Waals surface area contributed by atoms with Gasteiger partial charge in [0.1, 0.15) is 22.2 Å². The summed E-state index contributed by atoms with van der Waals surface area (Å²) in [5.41, 5.74) is -1.46. The van der Waals surface area contributed by atoms with Crippen LogP contribution in [0.4, 0.5) is 0 Å².